The number of aliphatic hydroxyl groups excluding tert-OH is 1. The molecule has 0 aliphatic heterocycles. The fourth-order valence-corrected chi connectivity index (χ4v) is 7.14. The van der Waals surface area contributed by atoms with E-state index in [-0.39, 0.29) is 30.6 Å². The second-order valence-electron chi connectivity index (χ2n) is 12.7. The maximum Gasteiger partial charge on any atom is 0.414 e. The summed E-state index contributed by atoms with van der Waals surface area (Å²) in [6.45, 7) is 1.34. The van der Waals surface area contributed by atoms with Crippen LogP contribution in [0.5, 0.6) is 5.75 Å². The zero-order chi connectivity index (χ0) is 38.4. The molecule has 286 valence electrons. The highest BCUT2D eigenvalue weighted by Gasteiger charge is 2.35. The zero-order valence-electron chi connectivity index (χ0n) is 31.0. The van der Waals surface area contributed by atoms with Gasteiger partial charge in [0.25, 0.3) is 0 Å². The van der Waals surface area contributed by atoms with Gasteiger partial charge in [-0.1, -0.05) is 66.2 Å². The lowest BCUT2D eigenvalue weighted by Gasteiger charge is -2.40. The largest absolute Gasteiger partial charge is 0.495 e. The molecule has 52 heavy (non-hydrogen) atoms. The summed E-state index contributed by atoms with van der Waals surface area (Å²) < 4.78 is 26.8. The van der Waals surface area contributed by atoms with Gasteiger partial charge in [0.05, 0.1) is 24.3 Å². The number of methoxy groups -OCH3 is 5. The van der Waals surface area contributed by atoms with Crippen molar-refractivity contribution in [1.29, 1.82) is 0 Å². The molecule has 3 aromatic rings. The van der Waals surface area contributed by atoms with Crippen molar-refractivity contribution in [2.24, 2.45) is 0 Å². The molecule has 5 rings (SSSR count). The Morgan fingerprint density at radius 1 is 0.750 bits per heavy atom. The van der Waals surface area contributed by atoms with E-state index in [9.17, 15) is 5.11 Å². The van der Waals surface area contributed by atoms with Crippen molar-refractivity contribution < 1.29 is 48.6 Å². The number of nitrogens with zero attached hydrogens (tertiary/aromatic N) is 2. The van der Waals surface area contributed by atoms with Crippen molar-refractivity contribution >= 4 is 23.5 Å². The lowest BCUT2D eigenvalue weighted by molar-refractivity contribution is -0.159. The molecule has 0 heterocycles. The Kier molecular flexibility index (Phi) is 17.5. The first-order valence-electron chi connectivity index (χ1n) is 17.0. The first-order chi connectivity index (χ1) is 24.9. The van der Waals surface area contributed by atoms with E-state index in [2.05, 4.69) is 71.4 Å². The van der Waals surface area contributed by atoms with Crippen molar-refractivity contribution in [2.45, 2.75) is 62.4 Å². The van der Waals surface area contributed by atoms with E-state index < -0.39 is 11.9 Å². The molecule has 0 fully saturated rings. The summed E-state index contributed by atoms with van der Waals surface area (Å²) in [4.78, 5) is 22.7. The van der Waals surface area contributed by atoms with Gasteiger partial charge in [-0.15, -0.1) is 0 Å². The molecule has 0 saturated carbocycles. The Morgan fingerprint density at radius 3 is 1.79 bits per heavy atom. The third-order valence-corrected chi connectivity index (χ3v) is 9.93. The number of hydrogen-bond donors (Lipinski definition) is 3. The Balaban J connectivity index is 0.000000253. The van der Waals surface area contributed by atoms with Crippen LogP contribution in [0, 0.1) is 0 Å². The maximum absolute atomic E-state index is 10.3. The predicted octanol–water partition coefficient (Wildman–Crippen LogP) is 5.09. The molecule has 4 atom stereocenters. The van der Waals surface area contributed by atoms with Crippen molar-refractivity contribution in [3.8, 4) is 5.75 Å². The monoisotopic (exact) mass is 744 g/mol. The summed E-state index contributed by atoms with van der Waals surface area (Å²) in [6, 6.07) is 23.5. The maximum atomic E-state index is 10.3. The summed E-state index contributed by atoms with van der Waals surface area (Å²) in [6.07, 6.45) is 3.03. The average molecular weight is 745 g/mol. The standard InChI is InChI=1S/C22H28ClNO3.C15H23NO3.C2H2O4/c1-24(14-21(26-3)27-4)19-12-10-15-7-5-6-8-17(15)22(19)16-9-11-18(23)20(13-16)25-2;1-16(10-14(18-2)19-3)15-12-7-5-4-6-11(12)8-9-13(15)17;3-1(4)2(5)6/h5-9,11,13,19,21-22H,10,12,14H2,1-4H3;4-7,13-15,17H,8-10H2,1-3H3;(H,3,4)(H,5,6)/t19-,22-;13-,15-;/m01./s1. The van der Waals surface area contributed by atoms with Gasteiger partial charge in [0.15, 0.2) is 12.6 Å². The molecule has 3 N–H and O–H groups in total. The Hall–Kier alpha value is -3.59. The normalized spacial score (nSPS) is 19.2. The topological polar surface area (TPSA) is 147 Å². The molecule has 0 unspecified atom stereocenters. The number of aliphatic carboxylic acids is 2. The van der Waals surface area contributed by atoms with E-state index in [1.807, 2.05) is 19.2 Å². The fourth-order valence-electron chi connectivity index (χ4n) is 6.95. The van der Waals surface area contributed by atoms with Crippen molar-refractivity contribution in [3.63, 3.8) is 0 Å². The predicted molar refractivity (Wildman–Crippen MR) is 198 cm³/mol. The fraction of sp³-hybridized carbons (Fsp3) is 0.487. The van der Waals surface area contributed by atoms with Gasteiger partial charge in [-0.2, -0.15) is 0 Å². The molecule has 2 aliphatic carbocycles. The number of fused-ring (bicyclic) bond motifs is 2. The number of aryl methyl sites for hydroxylation is 2. The van der Waals surface area contributed by atoms with Crippen LogP contribution in [0.25, 0.3) is 0 Å². The average Bonchev–Trinajstić information content (AvgIpc) is 3.15. The van der Waals surface area contributed by atoms with E-state index >= 15 is 0 Å². The number of rotatable bonds is 12. The molecule has 2 aliphatic rings. The highest BCUT2D eigenvalue weighted by Crippen LogP contribution is 2.41. The molecule has 0 saturated heterocycles. The number of ether oxygens (including phenoxy) is 5. The number of carboxylic acid groups (broad SMARTS) is 2. The summed E-state index contributed by atoms with van der Waals surface area (Å²) in [5, 5.41) is 25.7. The van der Waals surface area contributed by atoms with E-state index in [1.165, 1.54) is 27.8 Å². The van der Waals surface area contributed by atoms with Crippen LogP contribution in [-0.2, 0) is 41.4 Å². The van der Waals surface area contributed by atoms with Crippen LogP contribution >= 0.6 is 11.6 Å². The van der Waals surface area contributed by atoms with Crippen molar-refractivity contribution in [3.05, 3.63) is 99.6 Å². The number of aliphatic hydroxyl groups is 1. The molecule has 0 amide bonds. The number of halogens is 1. The van der Waals surface area contributed by atoms with Crippen LogP contribution in [0.2, 0.25) is 5.02 Å². The van der Waals surface area contributed by atoms with Gasteiger partial charge in [-0.3, -0.25) is 9.80 Å². The van der Waals surface area contributed by atoms with Crippen molar-refractivity contribution in [2.75, 3.05) is 62.7 Å². The van der Waals surface area contributed by atoms with Gasteiger partial charge in [-0.25, -0.2) is 9.59 Å². The van der Waals surface area contributed by atoms with Crippen molar-refractivity contribution in [1.82, 2.24) is 9.80 Å². The van der Waals surface area contributed by atoms with Gasteiger partial charge in [0, 0.05) is 53.5 Å². The first-order valence-corrected chi connectivity index (χ1v) is 17.4. The van der Waals surface area contributed by atoms with Crippen LogP contribution < -0.4 is 4.74 Å². The van der Waals surface area contributed by atoms with Crippen LogP contribution in [0.4, 0.5) is 0 Å². The molecular weight excluding hydrogens is 692 g/mol. The third kappa shape index (κ3) is 11.5. The van der Waals surface area contributed by atoms with E-state index in [0.717, 1.165) is 25.7 Å². The minimum Gasteiger partial charge on any atom is -0.495 e. The number of hydrogen-bond acceptors (Lipinski definition) is 10. The Labute approximate surface area is 311 Å². The minimum atomic E-state index is -1.82. The number of carboxylic acids is 2. The zero-order valence-corrected chi connectivity index (χ0v) is 31.8. The molecule has 0 spiro atoms. The SMILES string of the molecule is COC(CN(C)[C@@H]1c2ccccc2CC[C@H]1O)OC.COc1cc([C@H]2c3ccccc3CC[C@@H]2N(C)CC(OC)OC)ccc1Cl.O=C(O)C(=O)O. The molecule has 13 heteroatoms. The number of carbonyl (C=O) groups is 2. The molecule has 12 nitrogen and oxygen atoms in total. The highest BCUT2D eigenvalue weighted by molar-refractivity contribution is 6.32. The smallest absolute Gasteiger partial charge is 0.414 e. The Morgan fingerprint density at radius 2 is 1.25 bits per heavy atom. The third-order valence-electron chi connectivity index (χ3n) is 9.62. The molecule has 3 aromatic carbocycles. The van der Waals surface area contributed by atoms with Crippen LogP contribution in [0.15, 0.2) is 66.7 Å². The quantitative estimate of drug-likeness (QED) is 0.168. The van der Waals surface area contributed by atoms with Gasteiger partial charge >= 0.3 is 11.9 Å². The van der Waals surface area contributed by atoms with Crippen LogP contribution in [0.3, 0.4) is 0 Å². The second kappa shape index (κ2) is 21.2. The highest BCUT2D eigenvalue weighted by atomic mass is 35.5. The van der Waals surface area contributed by atoms with E-state index in [1.54, 1.807) is 35.5 Å². The minimum absolute atomic E-state index is 0.0118. The summed E-state index contributed by atoms with van der Waals surface area (Å²) in [5.41, 5.74) is 6.55. The van der Waals surface area contributed by atoms with Gasteiger partial charge in [-0.05, 0) is 79.7 Å². The lowest BCUT2D eigenvalue weighted by Crippen LogP contribution is -2.44. The summed E-state index contributed by atoms with van der Waals surface area (Å²) in [5.74, 6) is -2.70. The number of benzene rings is 3. The van der Waals surface area contributed by atoms with Crippen LogP contribution in [0.1, 0.15) is 52.6 Å². The summed E-state index contributed by atoms with van der Waals surface area (Å²) >= 11 is 6.27. The van der Waals surface area contributed by atoms with E-state index in [4.69, 9.17) is 55.1 Å². The van der Waals surface area contributed by atoms with Gasteiger partial charge in [0.1, 0.15) is 5.75 Å². The second-order valence-corrected chi connectivity index (χ2v) is 13.1. The molecule has 0 aromatic heterocycles. The Bertz CT molecular complexity index is 1560. The molecule has 0 radical (unpaired) electrons. The molecular formula is C39H53ClN2O10. The van der Waals surface area contributed by atoms with E-state index in [0.29, 0.717) is 29.9 Å². The first kappa shape index (κ1) is 42.8. The summed E-state index contributed by atoms with van der Waals surface area (Å²) in [7, 11) is 12.4. The van der Waals surface area contributed by atoms with Gasteiger partial charge in [0.2, 0.25) is 0 Å². The van der Waals surface area contributed by atoms with Crippen LogP contribution in [-0.4, -0.2) is 125 Å². The lowest BCUT2D eigenvalue weighted by atomic mass is 9.75. The van der Waals surface area contributed by atoms with Gasteiger partial charge < -0.3 is 39.0 Å². The molecule has 0 bridgehead atoms. The number of likely N-dealkylation sites (N-methyl/N-ethyl adjacent to an activating group) is 2.